The Labute approximate surface area is 184 Å². The quantitative estimate of drug-likeness (QED) is 0.491. The Morgan fingerprint density at radius 3 is 2.62 bits per heavy atom. The van der Waals surface area contributed by atoms with E-state index in [4.69, 9.17) is 4.74 Å². The Balaban J connectivity index is 1.43. The van der Waals surface area contributed by atoms with Crippen molar-refractivity contribution in [2.45, 2.75) is 25.8 Å². The van der Waals surface area contributed by atoms with Crippen LogP contribution in [-0.4, -0.2) is 47.1 Å². The average Bonchev–Trinajstić information content (AvgIpc) is 3.31. The molecule has 4 aromatic heterocycles. The topological polar surface area (TPSA) is 117 Å². The molecule has 0 atom stereocenters. The van der Waals surface area contributed by atoms with Gasteiger partial charge in [-0.05, 0) is 31.4 Å². The van der Waals surface area contributed by atoms with Crippen LogP contribution in [0.5, 0.6) is 0 Å². The fourth-order valence-corrected chi connectivity index (χ4v) is 3.98. The van der Waals surface area contributed by atoms with Crippen molar-refractivity contribution in [3.05, 3.63) is 46.9 Å². The first-order chi connectivity index (χ1) is 15.5. The smallest absolute Gasteiger partial charge is 0.330 e. The molecule has 11 heteroatoms. The maximum Gasteiger partial charge on any atom is 0.330 e. The largest absolute Gasteiger partial charge is 0.381 e. The average molecular weight is 435 g/mol. The minimum absolute atomic E-state index is 0.0731. The van der Waals surface area contributed by atoms with Gasteiger partial charge in [-0.3, -0.25) is 13.8 Å². The summed E-state index contributed by atoms with van der Waals surface area (Å²) in [6.45, 7) is 3.28. The number of hydrogen-bond acceptors (Lipinski definition) is 8. The third-order valence-electron chi connectivity index (χ3n) is 5.72. The van der Waals surface area contributed by atoms with Gasteiger partial charge in [0, 0.05) is 39.5 Å². The molecular formula is C21H25N9O2. The van der Waals surface area contributed by atoms with Crippen molar-refractivity contribution in [3.8, 4) is 0 Å². The van der Waals surface area contributed by atoms with E-state index >= 15 is 0 Å². The van der Waals surface area contributed by atoms with Crippen LogP contribution in [0.1, 0.15) is 24.4 Å². The van der Waals surface area contributed by atoms with Gasteiger partial charge in [-0.2, -0.15) is 10.1 Å². The Kier molecular flexibility index (Phi) is 5.10. The molecule has 1 saturated heterocycles. The van der Waals surface area contributed by atoms with Crippen molar-refractivity contribution >= 4 is 34.3 Å². The summed E-state index contributed by atoms with van der Waals surface area (Å²) in [4.78, 5) is 26.5. The molecule has 0 radical (unpaired) electrons. The first kappa shape index (κ1) is 20.2. The summed E-state index contributed by atoms with van der Waals surface area (Å²) in [6, 6.07) is 2.01. The van der Waals surface area contributed by atoms with Crippen molar-refractivity contribution in [3.63, 3.8) is 0 Å². The molecular weight excluding hydrogens is 410 g/mol. The molecule has 32 heavy (non-hydrogen) atoms. The Morgan fingerprint density at radius 2 is 1.91 bits per heavy atom. The van der Waals surface area contributed by atoms with Crippen molar-refractivity contribution in [2.75, 3.05) is 23.8 Å². The number of anilines is 4. The van der Waals surface area contributed by atoms with Crippen LogP contribution in [0.15, 0.2) is 35.6 Å². The van der Waals surface area contributed by atoms with E-state index in [1.54, 1.807) is 39.5 Å². The highest BCUT2D eigenvalue weighted by atomic mass is 16.5. The lowest BCUT2D eigenvalue weighted by Gasteiger charge is -2.22. The number of aromatic nitrogens is 7. The highest BCUT2D eigenvalue weighted by molar-refractivity contribution is 5.73. The van der Waals surface area contributed by atoms with Crippen LogP contribution in [0.25, 0.3) is 11.2 Å². The molecule has 166 valence electrons. The highest BCUT2D eigenvalue weighted by Crippen LogP contribution is 2.25. The van der Waals surface area contributed by atoms with Gasteiger partial charge in [0.15, 0.2) is 5.65 Å². The van der Waals surface area contributed by atoms with Crippen LogP contribution in [0.3, 0.4) is 0 Å². The first-order valence-corrected chi connectivity index (χ1v) is 10.5. The van der Waals surface area contributed by atoms with Crippen LogP contribution in [0.2, 0.25) is 0 Å². The third kappa shape index (κ3) is 3.71. The van der Waals surface area contributed by atoms with E-state index in [1.807, 2.05) is 26.2 Å². The number of ether oxygens (including phenoxy) is 1. The summed E-state index contributed by atoms with van der Waals surface area (Å²) < 4.78 is 10.6. The van der Waals surface area contributed by atoms with Gasteiger partial charge in [0.05, 0.1) is 30.0 Å². The van der Waals surface area contributed by atoms with E-state index in [0.717, 1.165) is 29.8 Å². The minimum atomic E-state index is -0.0815. The lowest BCUT2D eigenvalue weighted by Crippen LogP contribution is -2.30. The molecule has 0 aliphatic carbocycles. The molecule has 4 aromatic rings. The zero-order chi connectivity index (χ0) is 22.2. The number of imidazole rings is 1. The standard InChI is InChI=1S/C21H25N9O2/c1-13-8-18(25-14-9-24-28(2)12-14)22-10-16(13)26-20-23-11-17-19(27-20)30(21(31)29(17)3)15-4-6-32-7-5-15/h8-12,15H,4-7H2,1-3H3,(H,22,25)(H,23,26,27). The molecule has 0 saturated carbocycles. The lowest BCUT2D eigenvalue weighted by atomic mass is 10.1. The van der Waals surface area contributed by atoms with Gasteiger partial charge >= 0.3 is 5.69 Å². The molecule has 1 aliphatic heterocycles. The second-order valence-electron chi connectivity index (χ2n) is 7.99. The first-order valence-electron chi connectivity index (χ1n) is 10.5. The lowest BCUT2D eigenvalue weighted by molar-refractivity contribution is 0.0695. The van der Waals surface area contributed by atoms with Gasteiger partial charge in [-0.1, -0.05) is 0 Å². The predicted octanol–water partition coefficient (Wildman–Crippen LogP) is 2.41. The molecule has 0 aromatic carbocycles. The third-order valence-corrected chi connectivity index (χ3v) is 5.72. The molecule has 1 aliphatic rings. The molecule has 2 N–H and O–H groups in total. The maximum atomic E-state index is 12.9. The highest BCUT2D eigenvalue weighted by Gasteiger charge is 2.23. The van der Waals surface area contributed by atoms with E-state index in [1.165, 1.54) is 0 Å². The Morgan fingerprint density at radius 1 is 1.09 bits per heavy atom. The summed E-state index contributed by atoms with van der Waals surface area (Å²) in [5.74, 6) is 1.13. The van der Waals surface area contributed by atoms with Crippen molar-refractivity contribution < 1.29 is 4.74 Å². The molecule has 0 bridgehead atoms. The molecule has 0 spiro atoms. The summed E-state index contributed by atoms with van der Waals surface area (Å²) in [6.07, 6.45) is 8.62. The van der Waals surface area contributed by atoms with Crippen LogP contribution in [0, 0.1) is 6.92 Å². The van der Waals surface area contributed by atoms with Crippen LogP contribution in [0.4, 0.5) is 23.1 Å². The van der Waals surface area contributed by atoms with E-state index in [0.29, 0.717) is 36.1 Å². The van der Waals surface area contributed by atoms with Crippen molar-refractivity contribution in [2.24, 2.45) is 14.1 Å². The molecule has 5 heterocycles. The second-order valence-corrected chi connectivity index (χ2v) is 7.99. The summed E-state index contributed by atoms with van der Waals surface area (Å²) in [7, 11) is 3.61. The minimum Gasteiger partial charge on any atom is -0.381 e. The van der Waals surface area contributed by atoms with Crippen molar-refractivity contribution in [1.29, 1.82) is 0 Å². The van der Waals surface area contributed by atoms with Gasteiger partial charge in [0.2, 0.25) is 5.95 Å². The van der Waals surface area contributed by atoms with E-state index in [-0.39, 0.29) is 11.7 Å². The number of fused-ring (bicyclic) bond motifs is 1. The molecule has 1 fully saturated rings. The van der Waals surface area contributed by atoms with Gasteiger partial charge in [0.1, 0.15) is 11.3 Å². The number of nitrogens with one attached hydrogen (secondary N) is 2. The van der Waals surface area contributed by atoms with Crippen LogP contribution < -0.4 is 16.3 Å². The van der Waals surface area contributed by atoms with Gasteiger partial charge in [0.25, 0.3) is 0 Å². The predicted molar refractivity (Wildman–Crippen MR) is 121 cm³/mol. The van der Waals surface area contributed by atoms with Gasteiger partial charge < -0.3 is 15.4 Å². The number of aryl methyl sites for hydroxylation is 3. The Bertz CT molecular complexity index is 1330. The van der Waals surface area contributed by atoms with E-state index in [9.17, 15) is 4.79 Å². The maximum absolute atomic E-state index is 12.9. The molecule has 5 rings (SSSR count). The fourth-order valence-electron chi connectivity index (χ4n) is 3.98. The summed E-state index contributed by atoms with van der Waals surface area (Å²) >= 11 is 0. The number of nitrogens with zero attached hydrogens (tertiary/aromatic N) is 7. The van der Waals surface area contributed by atoms with Crippen LogP contribution in [-0.2, 0) is 18.8 Å². The molecule has 0 amide bonds. The molecule has 0 unspecified atom stereocenters. The second kappa shape index (κ2) is 8.08. The molecule has 11 nitrogen and oxygen atoms in total. The van der Waals surface area contributed by atoms with Gasteiger partial charge in [-0.25, -0.2) is 14.8 Å². The Hall–Kier alpha value is -3.73. The van der Waals surface area contributed by atoms with E-state index < -0.39 is 0 Å². The van der Waals surface area contributed by atoms with Crippen molar-refractivity contribution in [1.82, 2.24) is 33.9 Å². The number of pyridine rings is 1. The summed E-state index contributed by atoms with van der Waals surface area (Å²) in [5, 5.41) is 10.6. The zero-order valence-electron chi connectivity index (χ0n) is 18.2. The number of hydrogen-bond donors (Lipinski definition) is 2. The van der Waals surface area contributed by atoms with Crippen LogP contribution >= 0.6 is 0 Å². The summed E-state index contributed by atoms with van der Waals surface area (Å²) in [5.41, 5.74) is 3.88. The number of rotatable bonds is 5. The zero-order valence-corrected chi connectivity index (χ0v) is 18.2. The van der Waals surface area contributed by atoms with Gasteiger partial charge in [-0.15, -0.1) is 0 Å². The normalized spacial score (nSPS) is 14.7. The monoisotopic (exact) mass is 435 g/mol. The van der Waals surface area contributed by atoms with E-state index in [2.05, 4.69) is 30.7 Å². The fraction of sp³-hybridized carbons (Fsp3) is 0.381. The SMILES string of the molecule is Cc1cc(Nc2cnn(C)c2)ncc1Nc1ncc2c(n1)n(C1CCOCC1)c(=O)n2C.